The molecule has 4 heteroatoms. The molecule has 0 aliphatic carbocycles. The Morgan fingerprint density at radius 1 is 1.13 bits per heavy atom. The highest BCUT2D eigenvalue weighted by atomic mass is 16.3. The fourth-order valence-electron chi connectivity index (χ4n) is 2.80. The molecule has 0 spiro atoms. The lowest BCUT2D eigenvalue weighted by Crippen LogP contribution is -2.11. The van der Waals surface area contributed by atoms with Gasteiger partial charge in [0, 0.05) is 28.5 Å². The van der Waals surface area contributed by atoms with Gasteiger partial charge in [0.05, 0.1) is 6.04 Å². The van der Waals surface area contributed by atoms with Crippen LogP contribution in [0.5, 0.6) is 5.75 Å². The standard InChI is InChI=1S/C19H21N3O/c1-2-4-17(22-15-9-7-14(20)8-10-15)16-11-6-13-5-3-12-21-18(13)19(16)23/h3,5-12,17,22-23H,2,4,20H2,1H3. The molecule has 0 aliphatic heterocycles. The summed E-state index contributed by atoms with van der Waals surface area (Å²) < 4.78 is 0. The first-order valence-corrected chi connectivity index (χ1v) is 7.87. The van der Waals surface area contributed by atoms with Gasteiger partial charge >= 0.3 is 0 Å². The van der Waals surface area contributed by atoms with E-state index in [1.807, 2.05) is 48.5 Å². The Balaban J connectivity index is 1.97. The molecule has 1 aromatic heterocycles. The average Bonchev–Trinajstić information content (AvgIpc) is 2.57. The van der Waals surface area contributed by atoms with Crippen molar-refractivity contribution in [1.29, 1.82) is 0 Å². The first kappa shape index (κ1) is 15.2. The van der Waals surface area contributed by atoms with Gasteiger partial charge in [-0.3, -0.25) is 4.98 Å². The second-order valence-electron chi connectivity index (χ2n) is 5.69. The van der Waals surface area contributed by atoms with Crippen LogP contribution >= 0.6 is 0 Å². The normalized spacial score (nSPS) is 12.2. The fourth-order valence-corrected chi connectivity index (χ4v) is 2.80. The topological polar surface area (TPSA) is 71.2 Å². The number of hydrogen-bond donors (Lipinski definition) is 3. The number of nitrogens with zero attached hydrogens (tertiary/aromatic N) is 1. The lowest BCUT2D eigenvalue weighted by Gasteiger charge is -2.21. The third kappa shape index (κ3) is 3.21. The van der Waals surface area contributed by atoms with Crippen molar-refractivity contribution in [1.82, 2.24) is 4.98 Å². The molecule has 3 rings (SSSR count). The SMILES string of the molecule is CCCC(Nc1ccc(N)cc1)c1ccc2cccnc2c1O. The molecule has 0 bridgehead atoms. The van der Waals surface area contributed by atoms with Gasteiger partial charge in [-0.05, 0) is 36.8 Å². The minimum atomic E-state index is 0.0232. The quantitative estimate of drug-likeness (QED) is 0.608. The summed E-state index contributed by atoms with van der Waals surface area (Å²) in [5.41, 5.74) is 8.97. The highest BCUT2D eigenvalue weighted by Crippen LogP contribution is 2.35. The van der Waals surface area contributed by atoms with E-state index in [2.05, 4.69) is 17.2 Å². The Morgan fingerprint density at radius 2 is 1.91 bits per heavy atom. The fraction of sp³-hybridized carbons (Fsp3) is 0.211. The minimum absolute atomic E-state index is 0.0232. The molecule has 1 unspecified atom stereocenters. The summed E-state index contributed by atoms with van der Waals surface area (Å²) >= 11 is 0. The summed E-state index contributed by atoms with van der Waals surface area (Å²) in [5.74, 6) is 0.254. The minimum Gasteiger partial charge on any atom is -0.505 e. The van der Waals surface area contributed by atoms with Crippen LogP contribution in [0, 0.1) is 0 Å². The summed E-state index contributed by atoms with van der Waals surface area (Å²) in [5, 5.41) is 15.1. The second-order valence-corrected chi connectivity index (χ2v) is 5.69. The molecule has 0 saturated heterocycles. The van der Waals surface area contributed by atoms with Crippen LogP contribution in [0.2, 0.25) is 0 Å². The number of aromatic hydroxyl groups is 1. The number of rotatable bonds is 5. The molecule has 2 aromatic carbocycles. The maximum absolute atomic E-state index is 10.6. The van der Waals surface area contributed by atoms with E-state index >= 15 is 0 Å². The summed E-state index contributed by atoms with van der Waals surface area (Å²) in [6.45, 7) is 2.13. The highest BCUT2D eigenvalue weighted by molar-refractivity contribution is 5.85. The zero-order valence-electron chi connectivity index (χ0n) is 13.2. The van der Waals surface area contributed by atoms with Gasteiger partial charge in [0.15, 0.2) is 0 Å². The van der Waals surface area contributed by atoms with Crippen LogP contribution in [0.15, 0.2) is 54.7 Å². The van der Waals surface area contributed by atoms with Gasteiger partial charge in [0.1, 0.15) is 11.3 Å². The van der Waals surface area contributed by atoms with Gasteiger partial charge in [0.25, 0.3) is 0 Å². The van der Waals surface area contributed by atoms with E-state index < -0.39 is 0 Å². The van der Waals surface area contributed by atoms with Crippen LogP contribution in [-0.2, 0) is 0 Å². The smallest absolute Gasteiger partial charge is 0.147 e. The number of hydrogen-bond acceptors (Lipinski definition) is 4. The first-order valence-electron chi connectivity index (χ1n) is 7.87. The summed E-state index contributed by atoms with van der Waals surface area (Å²) in [4.78, 5) is 4.31. The van der Waals surface area contributed by atoms with E-state index in [4.69, 9.17) is 5.73 Å². The number of nitrogens with two attached hydrogens (primary N) is 1. The molecule has 4 nitrogen and oxygen atoms in total. The van der Waals surface area contributed by atoms with Crippen LogP contribution in [0.25, 0.3) is 10.9 Å². The van der Waals surface area contributed by atoms with Gasteiger partial charge in [-0.25, -0.2) is 0 Å². The predicted octanol–water partition coefficient (Wildman–Crippen LogP) is 4.48. The van der Waals surface area contributed by atoms with Crippen LogP contribution in [0.1, 0.15) is 31.4 Å². The third-order valence-corrected chi connectivity index (χ3v) is 3.98. The molecule has 0 aliphatic rings. The van der Waals surface area contributed by atoms with Crippen molar-refractivity contribution < 1.29 is 5.11 Å². The maximum atomic E-state index is 10.6. The van der Waals surface area contributed by atoms with Crippen molar-refractivity contribution >= 4 is 22.3 Å². The summed E-state index contributed by atoms with van der Waals surface area (Å²) in [6.07, 6.45) is 3.62. The molecule has 3 aromatic rings. The van der Waals surface area contributed by atoms with Crippen LogP contribution in [0.4, 0.5) is 11.4 Å². The number of pyridine rings is 1. The van der Waals surface area contributed by atoms with Crippen molar-refractivity contribution in [3.63, 3.8) is 0 Å². The van der Waals surface area contributed by atoms with Gasteiger partial charge in [0.2, 0.25) is 0 Å². The van der Waals surface area contributed by atoms with Crippen molar-refractivity contribution in [2.24, 2.45) is 0 Å². The van der Waals surface area contributed by atoms with Gasteiger partial charge in [-0.1, -0.05) is 31.5 Å². The molecule has 0 radical (unpaired) electrons. The third-order valence-electron chi connectivity index (χ3n) is 3.98. The molecule has 23 heavy (non-hydrogen) atoms. The zero-order chi connectivity index (χ0) is 16.2. The highest BCUT2D eigenvalue weighted by Gasteiger charge is 2.17. The Labute approximate surface area is 136 Å². The molecule has 1 atom stereocenters. The second kappa shape index (κ2) is 6.57. The molecule has 4 N–H and O–H groups in total. The number of phenolic OH excluding ortho intramolecular Hbond substituents is 1. The number of nitrogens with one attached hydrogen (secondary N) is 1. The zero-order valence-corrected chi connectivity index (χ0v) is 13.2. The van der Waals surface area contributed by atoms with Gasteiger partial charge < -0.3 is 16.2 Å². The number of nitrogen functional groups attached to an aromatic ring is 1. The molecular weight excluding hydrogens is 286 g/mol. The predicted molar refractivity (Wildman–Crippen MR) is 95.5 cm³/mol. The largest absolute Gasteiger partial charge is 0.505 e. The molecule has 0 saturated carbocycles. The Kier molecular flexibility index (Phi) is 4.33. The lowest BCUT2D eigenvalue weighted by molar-refractivity contribution is 0.466. The number of benzene rings is 2. The van der Waals surface area contributed by atoms with E-state index in [9.17, 15) is 5.11 Å². The molecular formula is C19H21N3O. The van der Waals surface area contributed by atoms with Crippen molar-refractivity contribution in [3.05, 3.63) is 60.3 Å². The summed E-state index contributed by atoms with van der Waals surface area (Å²) in [7, 11) is 0. The number of phenols is 1. The van der Waals surface area contributed by atoms with Crippen LogP contribution < -0.4 is 11.1 Å². The number of anilines is 2. The van der Waals surface area contributed by atoms with Gasteiger partial charge in [-0.2, -0.15) is 0 Å². The molecule has 118 valence electrons. The molecule has 0 fully saturated rings. The van der Waals surface area contributed by atoms with Crippen molar-refractivity contribution in [2.75, 3.05) is 11.1 Å². The van der Waals surface area contributed by atoms with E-state index in [1.54, 1.807) is 6.20 Å². The monoisotopic (exact) mass is 307 g/mol. The van der Waals surface area contributed by atoms with E-state index in [0.717, 1.165) is 35.2 Å². The van der Waals surface area contributed by atoms with Crippen LogP contribution in [-0.4, -0.2) is 10.1 Å². The number of fused-ring (bicyclic) bond motifs is 1. The molecule has 0 amide bonds. The Bertz CT molecular complexity index is 799. The van der Waals surface area contributed by atoms with E-state index in [-0.39, 0.29) is 11.8 Å². The van der Waals surface area contributed by atoms with Gasteiger partial charge in [-0.15, -0.1) is 0 Å². The lowest BCUT2D eigenvalue weighted by atomic mass is 9.99. The van der Waals surface area contributed by atoms with Crippen LogP contribution in [0.3, 0.4) is 0 Å². The van der Waals surface area contributed by atoms with E-state index in [0.29, 0.717) is 5.52 Å². The summed E-state index contributed by atoms with van der Waals surface area (Å²) in [6, 6.07) is 15.5. The Hall–Kier alpha value is -2.75. The first-order chi connectivity index (χ1) is 11.2. The molecule has 1 heterocycles. The van der Waals surface area contributed by atoms with E-state index in [1.165, 1.54) is 0 Å². The van der Waals surface area contributed by atoms with Crippen molar-refractivity contribution in [2.45, 2.75) is 25.8 Å². The number of aromatic nitrogens is 1. The van der Waals surface area contributed by atoms with Crippen molar-refractivity contribution in [3.8, 4) is 5.75 Å². The average molecular weight is 307 g/mol. The maximum Gasteiger partial charge on any atom is 0.147 e. The Morgan fingerprint density at radius 3 is 2.65 bits per heavy atom.